The van der Waals surface area contributed by atoms with E-state index in [1.807, 2.05) is 18.5 Å². The third kappa shape index (κ3) is 3.24. The van der Waals surface area contributed by atoms with E-state index in [0.717, 1.165) is 35.2 Å². The Labute approximate surface area is 146 Å². The molecule has 8 nitrogen and oxygen atoms in total. The maximum Gasteiger partial charge on any atom is 0.314 e. The van der Waals surface area contributed by atoms with Crippen molar-refractivity contribution in [2.75, 3.05) is 25.0 Å². The van der Waals surface area contributed by atoms with Crippen LogP contribution in [-0.2, 0) is 11.3 Å². The van der Waals surface area contributed by atoms with Gasteiger partial charge in [-0.25, -0.2) is 14.5 Å². The van der Waals surface area contributed by atoms with Gasteiger partial charge in [0.2, 0.25) is 0 Å². The number of nitrogens with one attached hydrogen (secondary N) is 1. The summed E-state index contributed by atoms with van der Waals surface area (Å²) in [6.45, 7) is 10.4. The molecule has 0 aliphatic carbocycles. The number of primary amides is 1. The number of hydrogen-bond acceptors (Lipinski definition) is 5. The Morgan fingerprint density at radius 3 is 2.92 bits per heavy atom. The van der Waals surface area contributed by atoms with E-state index in [0.29, 0.717) is 25.5 Å². The van der Waals surface area contributed by atoms with Crippen molar-refractivity contribution in [2.24, 2.45) is 5.73 Å². The van der Waals surface area contributed by atoms with Crippen molar-refractivity contribution < 1.29 is 9.53 Å². The predicted molar refractivity (Wildman–Crippen MR) is 97.0 cm³/mol. The van der Waals surface area contributed by atoms with Crippen LogP contribution in [0, 0.1) is 0 Å². The fourth-order valence-corrected chi connectivity index (χ4v) is 3.16. The van der Waals surface area contributed by atoms with Gasteiger partial charge in [-0.15, -0.1) is 0 Å². The molecule has 2 aromatic heterocycles. The third-order valence-corrected chi connectivity index (χ3v) is 4.43. The molecule has 1 saturated heterocycles. The molecule has 25 heavy (non-hydrogen) atoms. The molecular weight excluding hydrogens is 320 g/mol. The van der Waals surface area contributed by atoms with E-state index in [1.54, 1.807) is 17.3 Å². The molecule has 2 amide bonds. The van der Waals surface area contributed by atoms with E-state index in [1.165, 1.54) is 0 Å². The van der Waals surface area contributed by atoms with Crippen molar-refractivity contribution in [3.8, 4) is 0 Å². The van der Waals surface area contributed by atoms with Crippen LogP contribution in [0.3, 0.4) is 0 Å². The normalized spacial score (nSPS) is 17.0. The molecular formula is C17H24N6O2. The van der Waals surface area contributed by atoms with E-state index in [9.17, 15) is 4.79 Å². The highest BCUT2D eigenvalue weighted by atomic mass is 16.5. The molecule has 3 heterocycles. The largest absolute Gasteiger partial charge is 0.494 e. The molecule has 134 valence electrons. The molecule has 1 atom stereocenters. The number of pyridine rings is 1. The molecule has 0 bridgehead atoms. The number of nitrogens with two attached hydrogens (primary N) is 1. The predicted octanol–water partition coefficient (Wildman–Crippen LogP) is 2.02. The summed E-state index contributed by atoms with van der Waals surface area (Å²) in [6, 6.07) is -0.279. The minimum atomic E-state index is -0.387. The van der Waals surface area contributed by atoms with Gasteiger partial charge in [0.05, 0.1) is 29.4 Å². The topological polar surface area (TPSA) is 98.3 Å². The first-order valence-electron chi connectivity index (χ1n) is 8.52. The Hall–Kier alpha value is -2.77. The van der Waals surface area contributed by atoms with Gasteiger partial charge in [-0.05, 0) is 20.3 Å². The highest BCUT2D eigenvalue weighted by molar-refractivity contribution is 5.94. The van der Waals surface area contributed by atoms with Crippen LogP contribution in [0.15, 0.2) is 19.0 Å². The van der Waals surface area contributed by atoms with Crippen molar-refractivity contribution in [2.45, 2.75) is 32.9 Å². The second-order valence-electron chi connectivity index (χ2n) is 6.01. The van der Waals surface area contributed by atoms with Gasteiger partial charge in [-0.2, -0.15) is 5.10 Å². The number of likely N-dealkylation sites (tertiary alicyclic amines) is 1. The standard InChI is InChI=1S/C17H24N6O2/c1-4-23-16-14(9-20-23)15(13(8-19-16)11(3)25-5-2)21-12-6-7-22(10-12)17(18)24/h8-9,12H,3-7,10H2,1-2H3,(H2,18,24)(H,19,21)/t12-/m0/s1. The summed E-state index contributed by atoms with van der Waals surface area (Å²) in [6.07, 6.45) is 4.39. The third-order valence-electron chi connectivity index (χ3n) is 4.43. The number of carbonyl (C=O) groups excluding carboxylic acids is 1. The Bertz CT molecular complexity index is 800. The molecule has 0 aromatic carbocycles. The molecule has 0 unspecified atom stereocenters. The molecule has 1 aliphatic heterocycles. The van der Waals surface area contributed by atoms with Gasteiger partial charge in [-0.1, -0.05) is 6.58 Å². The van der Waals surface area contributed by atoms with Gasteiger partial charge in [0.25, 0.3) is 0 Å². The van der Waals surface area contributed by atoms with Crippen molar-refractivity contribution >= 4 is 28.5 Å². The van der Waals surface area contributed by atoms with E-state index in [2.05, 4.69) is 22.0 Å². The van der Waals surface area contributed by atoms with Crippen LogP contribution < -0.4 is 11.1 Å². The number of anilines is 1. The number of fused-ring (bicyclic) bond motifs is 1. The average Bonchev–Trinajstić information content (AvgIpc) is 3.21. The Morgan fingerprint density at radius 2 is 2.28 bits per heavy atom. The lowest BCUT2D eigenvalue weighted by Crippen LogP contribution is -2.35. The van der Waals surface area contributed by atoms with Crippen molar-refractivity contribution in [3.63, 3.8) is 0 Å². The van der Waals surface area contributed by atoms with Gasteiger partial charge >= 0.3 is 6.03 Å². The Morgan fingerprint density at radius 1 is 1.48 bits per heavy atom. The molecule has 1 fully saturated rings. The van der Waals surface area contributed by atoms with Gasteiger partial charge < -0.3 is 20.7 Å². The molecule has 0 saturated carbocycles. The lowest BCUT2D eigenvalue weighted by molar-refractivity contribution is 0.218. The summed E-state index contributed by atoms with van der Waals surface area (Å²) in [4.78, 5) is 17.5. The highest BCUT2D eigenvalue weighted by Crippen LogP contribution is 2.32. The zero-order valence-electron chi connectivity index (χ0n) is 14.7. The summed E-state index contributed by atoms with van der Waals surface area (Å²) in [7, 11) is 0. The fraction of sp³-hybridized carbons (Fsp3) is 0.471. The summed E-state index contributed by atoms with van der Waals surface area (Å²) in [5.41, 5.74) is 7.89. The number of hydrogen-bond donors (Lipinski definition) is 2. The van der Waals surface area contributed by atoms with E-state index < -0.39 is 0 Å². The maximum absolute atomic E-state index is 11.4. The number of ether oxygens (including phenoxy) is 1. The number of aryl methyl sites for hydroxylation is 1. The fourth-order valence-electron chi connectivity index (χ4n) is 3.16. The first kappa shape index (κ1) is 17.1. The summed E-state index contributed by atoms with van der Waals surface area (Å²) in [5, 5.41) is 8.84. The van der Waals surface area contributed by atoms with E-state index >= 15 is 0 Å². The monoisotopic (exact) mass is 344 g/mol. The quantitative estimate of drug-likeness (QED) is 0.781. The molecule has 3 N–H and O–H groups in total. The number of rotatable bonds is 6. The molecule has 1 aliphatic rings. The molecule has 0 spiro atoms. The van der Waals surface area contributed by atoms with Crippen LogP contribution in [-0.4, -0.2) is 51.4 Å². The molecule has 3 rings (SSSR count). The number of urea groups is 1. The van der Waals surface area contributed by atoms with Crippen LogP contribution in [0.25, 0.3) is 16.8 Å². The lowest BCUT2D eigenvalue weighted by Gasteiger charge is -2.19. The number of nitrogens with zero attached hydrogens (tertiary/aromatic N) is 4. The first-order chi connectivity index (χ1) is 12.0. The Balaban J connectivity index is 1.98. The number of amides is 2. The van der Waals surface area contributed by atoms with E-state index in [-0.39, 0.29) is 12.1 Å². The smallest absolute Gasteiger partial charge is 0.314 e. The van der Waals surface area contributed by atoms with Gasteiger partial charge in [0.15, 0.2) is 5.65 Å². The van der Waals surface area contributed by atoms with Crippen molar-refractivity contribution in [3.05, 3.63) is 24.5 Å². The van der Waals surface area contributed by atoms with Crippen LogP contribution in [0.2, 0.25) is 0 Å². The highest BCUT2D eigenvalue weighted by Gasteiger charge is 2.26. The second kappa shape index (κ2) is 7.00. The molecule has 8 heteroatoms. The van der Waals surface area contributed by atoms with Crippen molar-refractivity contribution in [1.29, 1.82) is 0 Å². The van der Waals surface area contributed by atoms with Crippen LogP contribution in [0.1, 0.15) is 25.8 Å². The number of carbonyl (C=O) groups is 1. The molecule has 0 radical (unpaired) electrons. The second-order valence-corrected chi connectivity index (χ2v) is 6.01. The summed E-state index contributed by atoms with van der Waals surface area (Å²) >= 11 is 0. The van der Waals surface area contributed by atoms with Crippen LogP contribution in [0.5, 0.6) is 0 Å². The zero-order valence-corrected chi connectivity index (χ0v) is 14.7. The van der Waals surface area contributed by atoms with Crippen LogP contribution >= 0.6 is 0 Å². The summed E-state index contributed by atoms with van der Waals surface area (Å²) < 4.78 is 7.43. The van der Waals surface area contributed by atoms with Crippen molar-refractivity contribution in [1.82, 2.24) is 19.7 Å². The van der Waals surface area contributed by atoms with E-state index in [4.69, 9.17) is 10.5 Å². The first-order valence-corrected chi connectivity index (χ1v) is 8.52. The summed E-state index contributed by atoms with van der Waals surface area (Å²) in [5.74, 6) is 0.563. The lowest BCUT2D eigenvalue weighted by atomic mass is 10.1. The average molecular weight is 344 g/mol. The van der Waals surface area contributed by atoms with Crippen LogP contribution in [0.4, 0.5) is 10.5 Å². The molecule has 2 aromatic rings. The van der Waals surface area contributed by atoms with Gasteiger partial charge in [-0.3, -0.25) is 0 Å². The number of aromatic nitrogens is 3. The minimum Gasteiger partial charge on any atom is -0.494 e. The van der Waals surface area contributed by atoms with Gasteiger partial charge in [0, 0.05) is 31.9 Å². The zero-order chi connectivity index (χ0) is 18.0. The SMILES string of the molecule is C=C(OCC)c1cnc2c(cnn2CC)c1N[C@H]1CCN(C(N)=O)C1. The van der Waals surface area contributed by atoms with Gasteiger partial charge in [0.1, 0.15) is 5.76 Å². The Kier molecular flexibility index (Phi) is 4.78. The maximum atomic E-state index is 11.4. The minimum absolute atomic E-state index is 0.108.